The van der Waals surface area contributed by atoms with Crippen molar-refractivity contribution in [2.75, 3.05) is 5.32 Å². The van der Waals surface area contributed by atoms with E-state index in [0.29, 0.717) is 5.13 Å². The lowest BCUT2D eigenvalue weighted by atomic mass is 10.4. The highest BCUT2D eigenvalue weighted by molar-refractivity contribution is 9.11. The van der Waals surface area contributed by atoms with Gasteiger partial charge in [0.05, 0.1) is 17.0 Å². The largest absolute Gasteiger partial charge is 0.358 e. The molecule has 0 bridgehead atoms. The van der Waals surface area contributed by atoms with Gasteiger partial charge in [0.1, 0.15) is 0 Å². The third kappa shape index (κ3) is 2.41. The van der Waals surface area contributed by atoms with Crippen molar-refractivity contribution in [3.05, 3.63) is 37.9 Å². The standard InChI is InChI=1S/C9H7BrN4O3S/c1-13-5(2-3-7(13)14(16)17)8(15)12-9-11-4-6(10)18-9/h2-4H,1H3,(H,11,12,15). The molecule has 0 aliphatic heterocycles. The van der Waals surface area contributed by atoms with Crippen LogP contribution in [0.25, 0.3) is 0 Å². The zero-order valence-corrected chi connectivity index (χ0v) is 11.5. The van der Waals surface area contributed by atoms with Gasteiger partial charge in [-0.1, -0.05) is 11.3 Å². The van der Waals surface area contributed by atoms with E-state index >= 15 is 0 Å². The van der Waals surface area contributed by atoms with Gasteiger partial charge in [-0.15, -0.1) is 0 Å². The number of nitro groups is 1. The Hall–Kier alpha value is -1.74. The van der Waals surface area contributed by atoms with E-state index < -0.39 is 10.8 Å². The number of hydrogen-bond donors (Lipinski definition) is 1. The zero-order chi connectivity index (χ0) is 13.3. The van der Waals surface area contributed by atoms with Crippen LogP contribution in [0, 0.1) is 10.1 Å². The van der Waals surface area contributed by atoms with E-state index in [1.165, 1.54) is 35.1 Å². The number of amides is 1. The number of rotatable bonds is 3. The average Bonchev–Trinajstić information content (AvgIpc) is 2.85. The van der Waals surface area contributed by atoms with Crippen molar-refractivity contribution < 1.29 is 9.72 Å². The van der Waals surface area contributed by atoms with Crippen molar-refractivity contribution in [2.24, 2.45) is 7.05 Å². The summed E-state index contributed by atoms with van der Waals surface area (Å²) >= 11 is 4.49. The normalized spacial score (nSPS) is 10.3. The molecule has 0 saturated carbocycles. The summed E-state index contributed by atoms with van der Waals surface area (Å²) in [6.45, 7) is 0. The summed E-state index contributed by atoms with van der Waals surface area (Å²) in [5, 5.41) is 13.6. The number of anilines is 1. The molecule has 1 amide bonds. The number of carbonyl (C=O) groups excluding carboxylic acids is 1. The van der Waals surface area contributed by atoms with Crippen molar-refractivity contribution in [2.45, 2.75) is 0 Å². The molecule has 0 fully saturated rings. The van der Waals surface area contributed by atoms with Gasteiger partial charge in [-0.25, -0.2) is 9.55 Å². The number of halogens is 1. The predicted octanol–water partition coefficient (Wildman–Crippen LogP) is 2.40. The molecule has 18 heavy (non-hydrogen) atoms. The fourth-order valence-electron chi connectivity index (χ4n) is 1.39. The highest BCUT2D eigenvalue weighted by Gasteiger charge is 2.21. The van der Waals surface area contributed by atoms with E-state index in [2.05, 4.69) is 26.2 Å². The molecule has 0 aromatic carbocycles. The first kappa shape index (κ1) is 12.7. The number of thiazole rings is 1. The molecule has 1 N–H and O–H groups in total. The van der Waals surface area contributed by atoms with E-state index in [-0.39, 0.29) is 11.5 Å². The average molecular weight is 331 g/mol. The summed E-state index contributed by atoms with van der Waals surface area (Å²) in [7, 11) is 1.46. The Morgan fingerprint density at radius 2 is 2.33 bits per heavy atom. The van der Waals surface area contributed by atoms with Crippen molar-refractivity contribution in [1.29, 1.82) is 0 Å². The van der Waals surface area contributed by atoms with Gasteiger partial charge in [0.25, 0.3) is 5.91 Å². The second-order valence-corrected chi connectivity index (χ2v) is 5.73. The summed E-state index contributed by atoms with van der Waals surface area (Å²) in [5.74, 6) is -0.576. The fourth-order valence-corrected chi connectivity index (χ4v) is 2.49. The molecule has 2 aromatic rings. The monoisotopic (exact) mass is 330 g/mol. The van der Waals surface area contributed by atoms with Crippen molar-refractivity contribution >= 4 is 44.1 Å². The quantitative estimate of drug-likeness (QED) is 0.691. The Labute approximate surface area is 114 Å². The van der Waals surface area contributed by atoms with Crippen LogP contribution >= 0.6 is 27.3 Å². The van der Waals surface area contributed by atoms with Crippen LogP contribution in [0.4, 0.5) is 10.9 Å². The molecule has 0 aliphatic carbocycles. The van der Waals surface area contributed by atoms with Gasteiger partial charge in [-0.2, -0.15) is 0 Å². The van der Waals surface area contributed by atoms with Crippen LogP contribution in [0.15, 0.2) is 22.1 Å². The first-order valence-corrected chi connectivity index (χ1v) is 6.33. The minimum absolute atomic E-state index is 0.138. The van der Waals surface area contributed by atoms with Gasteiger partial charge in [0.15, 0.2) is 10.8 Å². The van der Waals surface area contributed by atoms with E-state index in [1.807, 2.05) is 0 Å². The van der Waals surface area contributed by atoms with Crippen LogP contribution in [-0.4, -0.2) is 20.4 Å². The zero-order valence-electron chi connectivity index (χ0n) is 9.08. The Balaban J connectivity index is 2.22. The highest BCUT2D eigenvalue weighted by Crippen LogP contribution is 2.24. The Morgan fingerprint density at radius 1 is 1.61 bits per heavy atom. The summed E-state index contributed by atoms with van der Waals surface area (Å²) in [5.41, 5.74) is 0.202. The predicted molar refractivity (Wildman–Crippen MR) is 69.8 cm³/mol. The van der Waals surface area contributed by atoms with Gasteiger partial charge in [-0.3, -0.25) is 10.1 Å². The second-order valence-electron chi connectivity index (χ2n) is 3.32. The molecule has 0 aliphatic rings. The molecule has 2 aromatic heterocycles. The second kappa shape index (κ2) is 4.86. The van der Waals surface area contributed by atoms with Crippen LogP contribution in [0.3, 0.4) is 0 Å². The van der Waals surface area contributed by atoms with Gasteiger partial charge < -0.3 is 10.1 Å². The molecular formula is C9H7BrN4O3S. The Kier molecular flexibility index (Phi) is 3.43. The number of nitrogens with one attached hydrogen (secondary N) is 1. The van der Waals surface area contributed by atoms with E-state index in [4.69, 9.17) is 0 Å². The lowest BCUT2D eigenvalue weighted by Gasteiger charge is -2.00. The molecule has 94 valence electrons. The first-order valence-electron chi connectivity index (χ1n) is 4.72. The van der Waals surface area contributed by atoms with Gasteiger partial charge in [0, 0.05) is 6.07 Å². The maximum atomic E-state index is 11.9. The molecule has 0 radical (unpaired) electrons. The number of hydrogen-bond acceptors (Lipinski definition) is 5. The first-order chi connectivity index (χ1) is 8.49. The molecule has 7 nitrogen and oxygen atoms in total. The molecule has 2 rings (SSSR count). The Bertz CT molecular complexity index is 621. The lowest BCUT2D eigenvalue weighted by molar-refractivity contribution is -0.391. The lowest BCUT2D eigenvalue weighted by Crippen LogP contribution is -2.16. The third-order valence-corrected chi connectivity index (χ3v) is 3.60. The Morgan fingerprint density at radius 3 is 2.83 bits per heavy atom. The van der Waals surface area contributed by atoms with Crippen LogP contribution in [0.1, 0.15) is 10.5 Å². The summed E-state index contributed by atoms with van der Waals surface area (Å²) < 4.78 is 2.01. The van der Waals surface area contributed by atoms with Crippen molar-refractivity contribution in [3.8, 4) is 0 Å². The molecular weight excluding hydrogens is 324 g/mol. The van der Waals surface area contributed by atoms with Gasteiger partial charge in [-0.05, 0) is 26.9 Å². The molecule has 0 atom stereocenters. The summed E-state index contributed by atoms with van der Waals surface area (Å²) in [6, 6.07) is 2.68. The molecule has 0 unspecified atom stereocenters. The minimum atomic E-state index is -0.545. The molecule has 0 spiro atoms. The van der Waals surface area contributed by atoms with Crippen LogP contribution in [0.2, 0.25) is 0 Å². The van der Waals surface area contributed by atoms with E-state index in [0.717, 1.165) is 3.79 Å². The summed E-state index contributed by atoms with van der Waals surface area (Å²) in [6.07, 6.45) is 1.56. The maximum Gasteiger partial charge on any atom is 0.323 e. The number of aromatic nitrogens is 2. The maximum absolute atomic E-state index is 11.9. The summed E-state index contributed by atoms with van der Waals surface area (Å²) in [4.78, 5) is 25.9. The van der Waals surface area contributed by atoms with E-state index in [1.54, 1.807) is 6.20 Å². The molecule has 2 heterocycles. The fraction of sp³-hybridized carbons (Fsp3) is 0.111. The van der Waals surface area contributed by atoms with Crippen LogP contribution in [0.5, 0.6) is 0 Å². The topological polar surface area (TPSA) is 90.1 Å². The number of nitrogens with zero attached hydrogens (tertiary/aromatic N) is 3. The molecule has 0 saturated heterocycles. The van der Waals surface area contributed by atoms with Crippen molar-refractivity contribution in [3.63, 3.8) is 0 Å². The third-order valence-electron chi connectivity index (χ3n) is 2.21. The van der Waals surface area contributed by atoms with Crippen molar-refractivity contribution in [1.82, 2.24) is 9.55 Å². The molecule has 9 heteroatoms. The van der Waals surface area contributed by atoms with E-state index in [9.17, 15) is 14.9 Å². The van der Waals surface area contributed by atoms with Gasteiger partial charge >= 0.3 is 5.82 Å². The minimum Gasteiger partial charge on any atom is -0.358 e. The number of carbonyl (C=O) groups is 1. The van der Waals surface area contributed by atoms with Crippen LogP contribution in [-0.2, 0) is 7.05 Å². The van der Waals surface area contributed by atoms with Crippen LogP contribution < -0.4 is 5.32 Å². The van der Waals surface area contributed by atoms with Gasteiger partial charge in [0.2, 0.25) is 0 Å². The smallest absolute Gasteiger partial charge is 0.323 e. The SMILES string of the molecule is Cn1c(C(=O)Nc2ncc(Br)s2)ccc1[N+](=O)[O-]. The highest BCUT2D eigenvalue weighted by atomic mass is 79.9.